The van der Waals surface area contributed by atoms with Crippen molar-refractivity contribution in [2.24, 2.45) is 5.92 Å². The van der Waals surface area contributed by atoms with Crippen LogP contribution in [0.5, 0.6) is 0 Å². The van der Waals surface area contributed by atoms with Crippen molar-refractivity contribution in [3.05, 3.63) is 84.0 Å². The smallest absolute Gasteiger partial charge is 0.198 e. The lowest BCUT2D eigenvalue weighted by atomic mass is 9.78. The summed E-state index contributed by atoms with van der Waals surface area (Å²) in [5.41, 5.74) is 6.27. The summed E-state index contributed by atoms with van der Waals surface area (Å²) >= 11 is 0. The van der Waals surface area contributed by atoms with E-state index in [2.05, 4.69) is 116 Å². The fourth-order valence-electron chi connectivity index (χ4n) is 3.53. The van der Waals surface area contributed by atoms with Crippen molar-refractivity contribution in [1.29, 1.82) is 0 Å². The van der Waals surface area contributed by atoms with Gasteiger partial charge in [-0.1, -0.05) is 36.4 Å². The van der Waals surface area contributed by atoms with Crippen molar-refractivity contribution in [2.75, 3.05) is 45.5 Å². The molecule has 2 aromatic rings. The highest BCUT2D eigenvalue weighted by Crippen LogP contribution is 2.36. The number of allylic oxidation sites excluding steroid dienone is 4. The molecule has 0 heterocycles. The van der Waals surface area contributed by atoms with Crippen molar-refractivity contribution in [2.45, 2.75) is 5.92 Å². The average molecular weight is 361 g/mol. The van der Waals surface area contributed by atoms with Crippen molar-refractivity contribution in [1.82, 2.24) is 0 Å². The van der Waals surface area contributed by atoms with Gasteiger partial charge < -0.3 is 10.2 Å². The fourth-order valence-corrected chi connectivity index (χ4v) is 3.53. The minimum atomic E-state index is 0.295. The van der Waals surface area contributed by atoms with Crippen LogP contribution in [0.25, 0.3) is 0 Å². The van der Waals surface area contributed by atoms with Gasteiger partial charge >= 0.3 is 0 Å². The van der Waals surface area contributed by atoms with Crippen LogP contribution in [0, 0.1) is 5.92 Å². The molecule has 27 heavy (non-hydrogen) atoms. The zero-order chi connectivity index (χ0) is 19.4. The molecule has 0 fully saturated rings. The highest BCUT2D eigenvalue weighted by Gasteiger charge is 2.24. The van der Waals surface area contributed by atoms with Gasteiger partial charge in [0.2, 0.25) is 0 Å². The summed E-state index contributed by atoms with van der Waals surface area (Å²) in [6, 6.07) is 17.7. The molecule has 1 aliphatic carbocycles. The number of rotatable bonds is 5. The lowest BCUT2D eigenvalue weighted by Gasteiger charge is -2.26. The Morgan fingerprint density at radius 2 is 1.37 bits per heavy atom. The molecule has 1 N–H and O–H groups in total. The monoisotopic (exact) mass is 360 g/mol. The average Bonchev–Trinajstić information content (AvgIpc) is 2.69. The standard InChI is InChI=1S/C24H30N3/c1-25-21-12-6-18(7-13-21)24(19-8-14-22(15-9-19)26(2)3)20-10-16-23(17-11-20)27(4)5/h6-17,19,24-25H,1-5H3/q+1/t24-/m1/s1. The molecule has 0 saturated carbocycles. The van der Waals surface area contributed by atoms with Gasteiger partial charge in [0.05, 0.1) is 0 Å². The predicted molar refractivity (Wildman–Crippen MR) is 117 cm³/mol. The Bertz CT molecular complexity index is 836. The third-order valence-electron chi connectivity index (χ3n) is 5.21. The highest BCUT2D eigenvalue weighted by atomic mass is 15.1. The topological polar surface area (TPSA) is 18.3 Å². The summed E-state index contributed by atoms with van der Waals surface area (Å²) in [7, 11) is 10.3. The van der Waals surface area contributed by atoms with Crippen LogP contribution >= 0.6 is 0 Å². The van der Waals surface area contributed by atoms with Crippen molar-refractivity contribution in [3.8, 4) is 0 Å². The molecule has 0 spiro atoms. The molecular weight excluding hydrogens is 330 g/mol. The van der Waals surface area contributed by atoms with E-state index in [4.69, 9.17) is 0 Å². The summed E-state index contributed by atoms with van der Waals surface area (Å²) in [5.74, 6) is 0.627. The van der Waals surface area contributed by atoms with E-state index in [0.29, 0.717) is 11.8 Å². The summed E-state index contributed by atoms with van der Waals surface area (Å²) in [6.45, 7) is 0. The number of nitrogens with zero attached hydrogens (tertiary/aromatic N) is 2. The third kappa shape index (κ3) is 4.30. The van der Waals surface area contributed by atoms with E-state index in [9.17, 15) is 0 Å². The maximum absolute atomic E-state index is 3.21. The van der Waals surface area contributed by atoms with E-state index < -0.39 is 0 Å². The van der Waals surface area contributed by atoms with Gasteiger partial charge in [-0.05, 0) is 35.4 Å². The van der Waals surface area contributed by atoms with Crippen LogP contribution in [0.4, 0.5) is 11.4 Å². The second kappa shape index (κ2) is 8.26. The number of benzene rings is 2. The van der Waals surface area contributed by atoms with E-state index in [1.165, 1.54) is 22.5 Å². The second-order valence-corrected chi connectivity index (χ2v) is 7.45. The van der Waals surface area contributed by atoms with Gasteiger partial charge in [-0.25, -0.2) is 4.58 Å². The van der Waals surface area contributed by atoms with E-state index in [0.717, 1.165) is 5.69 Å². The Morgan fingerprint density at radius 1 is 0.852 bits per heavy atom. The Labute approximate surface area is 163 Å². The van der Waals surface area contributed by atoms with Crippen LogP contribution in [0.2, 0.25) is 0 Å². The Hall–Kier alpha value is -2.81. The first-order chi connectivity index (χ1) is 13.0. The van der Waals surface area contributed by atoms with Crippen LogP contribution < -0.4 is 10.2 Å². The Kier molecular flexibility index (Phi) is 5.80. The molecule has 0 amide bonds. The minimum Gasteiger partial charge on any atom is -0.388 e. The number of hydrogen-bond acceptors (Lipinski definition) is 2. The first-order valence-electron chi connectivity index (χ1n) is 9.45. The minimum absolute atomic E-state index is 0.295. The molecule has 1 atom stereocenters. The summed E-state index contributed by atoms with van der Waals surface area (Å²) in [4.78, 5) is 2.14. The summed E-state index contributed by atoms with van der Waals surface area (Å²) < 4.78 is 2.14. The molecule has 3 nitrogen and oxygen atoms in total. The largest absolute Gasteiger partial charge is 0.388 e. The fraction of sp³-hybridized carbons (Fsp3) is 0.292. The van der Waals surface area contributed by atoms with Gasteiger partial charge in [-0.3, -0.25) is 0 Å². The normalized spacial score (nSPS) is 16.9. The molecule has 0 aromatic heterocycles. The molecule has 3 heteroatoms. The van der Waals surface area contributed by atoms with Crippen LogP contribution in [0.1, 0.15) is 17.0 Å². The van der Waals surface area contributed by atoms with Crippen molar-refractivity contribution >= 4 is 17.1 Å². The number of anilines is 2. The molecule has 0 radical (unpaired) electrons. The molecule has 3 rings (SSSR count). The predicted octanol–water partition coefficient (Wildman–Crippen LogP) is 4.38. The maximum Gasteiger partial charge on any atom is 0.198 e. The molecular formula is C24H30N3+. The van der Waals surface area contributed by atoms with E-state index in [1.54, 1.807) is 0 Å². The molecule has 0 aliphatic heterocycles. The lowest BCUT2D eigenvalue weighted by molar-refractivity contribution is -0.462. The summed E-state index contributed by atoms with van der Waals surface area (Å²) in [5, 5.41) is 3.21. The highest BCUT2D eigenvalue weighted by molar-refractivity contribution is 6.01. The van der Waals surface area contributed by atoms with E-state index in [1.807, 2.05) is 7.05 Å². The second-order valence-electron chi connectivity index (χ2n) is 7.45. The van der Waals surface area contributed by atoms with Crippen LogP contribution in [0.3, 0.4) is 0 Å². The van der Waals surface area contributed by atoms with Crippen LogP contribution in [-0.2, 0) is 0 Å². The number of nitrogens with one attached hydrogen (secondary N) is 1. The molecule has 0 bridgehead atoms. The maximum atomic E-state index is 3.21. The molecule has 2 aromatic carbocycles. The van der Waals surface area contributed by atoms with Crippen LogP contribution in [0.15, 0.2) is 72.8 Å². The zero-order valence-electron chi connectivity index (χ0n) is 17.0. The SMILES string of the molecule is CNc1ccc([C@@H](c2ccc(N(C)C)cc2)C2C=CC(=[N+](C)C)C=C2)cc1. The quantitative estimate of drug-likeness (QED) is 0.798. The summed E-state index contributed by atoms with van der Waals surface area (Å²) in [6.07, 6.45) is 9.11. The zero-order valence-corrected chi connectivity index (χ0v) is 17.0. The molecule has 140 valence electrons. The molecule has 0 saturated heterocycles. The first kappa shape index (κ1) is 19.0. The van der Waals surface area contributed by atoms with E-state index >= 15 is 0 Å². The van der Waals surface area contributed by atoms with E-state index in [-0.39, 0.29) is 0 Å². The van der Waals surface area contributed by atoms with Gasteiger partial charge in [-0.15, -0.1) is 0 Å². The van der Waals surface area contributed by atoms with Gasteiger partial charge in [0, 0.05) is 56.5 Å². The Morgan fingerprint density at radius 3 is 1.81 bits per heavy atom. The number of hydrogen-bond donors (Lipinski definition) is 1. The third-order valence-corrected chi connectivity index (χ3v) is 5.21. The lowest BCUT2D eigenvalue weighted by Crippen LogP contribution is -2.17. The van der Waals surface area contributed by atoms with Crippen molar-refractivity contribution in [3.63, 3.8) is 0 Å². The van der Waals surface area contributed by atoms with Gasteiger partial charge in [0.15, 0.2) is 5.71 Å². The molecule has 1 aliphatic rings. The van der Waals surface area contributed by atoms with Crippen LogP contribution in [-0.4, -0.2) is 45.5 Å². The molecule has 0 unspecified atom stereocenters. The Balaban J connectivity index is 2.00. The van der Waals surface area contributed by atoms with Gasteiger partial charge in [0.1, 0.15) is 14.1 Å². The van der Waals surface area contributed by atoms with Crippen molar-refractivity contribution < 1.29 is 4.58 Å². The van der Waals surface area contributed by atoms with Gasteiger partial charge in [0.25, 0.3) is 0 Å². The first-order valence-corrected chi connectivity index (χ1v) is 9.45. The van der Waals surface area contributed by atoms with Gasteiger partial charge in [-0.2, -0.15) is 0 Å².